The molecule has 0 bridgehead atoms. The minimum absolute atomic E-state index is 0.110. The molecule has 0 unspecified atom stereocenters. The number of rotatable bonds is 8. The quantitative estimate of drug-likeness (QED) is 0.443. The van der Waals surface area contributed by atoms with Crippen molar-refractivity contribution in [1.82, 2.24) is 0 Å². The smallest absolute Gasteiger partial charge is 0.257 e. The van der Waals surface area contributed by atoms with Crippen LogP contribution in [0.25, 0.3) is 0 Å². The van der Waals surface area contributed by atoms with Gasteiger partial charge in [-0.05, 0) is 68.4 Å². The van der Waals surface area contributed by atoms with Crippen LogP contribution in [0.1, 0.15) is 48.5 Å². The number of hydrogen-bond acceptors (Lipinski definition) is 8. The van der Waals surface area contributed by atoms with Gasteiger partial charge in [0.15, 0.2) is 0 Å². The highest BCUT2D eigenvalue weighted by Gasteiger charge is 2.44. The molecule has 2 saturated heterocycles. The van der Waals surface area contributed by atoms with Gasteiger partial charge in [-0.25, -0.2) is 8.42 Å². The fourth-order valence-electron chi connectivity index (χ4n) is 6.13. The van der Waals surface area contributed by atoms with Crippen molar-refractivity contribution in [2.45, 2.75) is 45.1 Å². The third-order valence-corrected chi connectivity index (χ3v) is 9.87. The second-order valence-electron chi connectivity index (χ2n) is 11.5. The van der Waals surface area contributed by atoms with Gasteiger partial charge in [0, 0.05) is 43.9 Å². The van der Waals surface area contributed by atoms with Crippen molar-refractivity contribution in [2.24, 2.45) is 5.41 Å². The van der Waals surface area contributed by atoms with Gasteiger partial charge in [-0.15, -0.1) is 0 Å². The summed E-state index contributed by atoms with van der Waals surface area (Å²) in [6.07, 6.45) is 5.57. The highest BCUT2D eigenvalue weighted by Crippen LogP contribution is 2.54. The number of aliphatic hydroxyl groups excluding tert-OH is 1. The van der Waals surface area contributed by atoms with Crippen LogP contribution in [0.15, 0.2) is 30.3 Å². The first-order valence-electron chi connectivity index (χ1n) is 14.2. The monoisotopic (exact) mass is 570 g/mol. The highest BCUT2D eigenvalue weighted by molar-refractivity contribution is 7.92. The molecule has 11 heteroatoms. The van der Waals surface area contributed by atoms with Crippen LogP contribution in [0.2, 0.25) is 0 Å². The summed E-state index contributed by atoms with van der Waals surface area (Å²) in [7, 11) is -3.69. The summed E-state index contributed by atoms with van der Waals surface area (Å²) in [6.45, 7) is 6.00. The lowest BCUT2D eigenvalue weighted by Crippen LogP contribution is -2.41. The number of carbonyl (C=O) groups is 1. The van der Waals surface area contributed by atoms with Crippen LogP contribution in [-0.4, -0.2) is 77.3 Å². The minimum atomic E-state index is -3.69. The maximum Gasteiger partial charge on any atom is 0.257 e. The van der Waals surface area contributed by atoms with Gasteiger partial charge in [0.05, 0.1) is 54.3 Å². The lowest BCUT2D eigenvalue weighted by Gasteiger charge is -2.35. The molecule has 3 fully saturated rings. The Kier molecular flexibility index (Phi) is 7.30. The van der Waals surface area contributed by atoms with E-state index in [1.165, 1.54) is 12.8 Å². The van der Waals surface area contributed by atoms with Crippen molar-refractivity contribution in [3.63, 3.8) is 0 Å². The van der Waals surface area contributed by atoms with Gasteiger partial charge < -0.3 is 29.7 Å². The molecule has 6 rings (SSSR count). The number of sulfonamides is 1. The summed E-state index contributed by atoms with van der Waals surface area (Å²) in [5.41, 5.74) is 4.80. The number of aliphatic hydroxyl groups is 1. The lowest BCUT2D eigenvalue weighted by molar-refractivity contribution is 0.0530. The summed E-state index contributed by atoms with van der Waals surface area (Å²) in [5.74, 6) is 0.254. The molecule has 1 aliphatic carbocycles. The molecule has 2 aromatic rings. The fourth-order valence-corrected chi connectivity index (χ4v) is 6.96. The maximum atomic E-state index is 13.8. The number of benzene rings is 2. The van der Waals surface area contributed by atoms with E-state index >= 15 is 0 Å². The molecule has 0 aromatic heterocycles. The molecule has 40 heavy (non-hydrogen) atoms. The van der Waals surface area contributed by atoms with Crippen LogP contribution in [0.4, 0.5) is 22.7 Å². The van der Waals surface area contributed by atoms with Crippen LogP contribution in [0, 0.1) is 5.41 Å². The largest absolute Gasteiger partial charge is 0.491 e. The first kappa shape index (κ1) is 27.2. The number of morpholine rings is 1. The van der Waals surface area contributed by atoms with E-state index in [2.05, 4.69) is 26.8 Å². The molecular weight excluding hydrogens is 532 g/mol. The number of ether oxygens (including phenoxy) is 2. The zero-order valence-corrected chi connectivity index (χ0v) is 23.8. The predicted octanol–water partition coefficient (Wildman–Crippen LogP) is 3.21. The van der Waals surface area contributed by atoms with E-state index in [4.69, 9.17) is 14.6 Å². The van der Waals surface area contributed by atoms with Gasteiger partial charge >= 0.3 is 0 Å². The Morgan fingerprint density at radius 3 is 2.52 bits per heavy atom. The van der Waals surface area contributed by atoms with Crippen molar-refractivity contribution < 1.29 is 27.8 Å². The van der Waals surface area contributed by atoms with E-state index in [1.54, 1.807) is 18.2 Å². The number of nitrogens with zero attached hydrogens (tertiary/aromatic N) is 2. The van der Waals surface area contributed by atoms with E-state index in [1.807, 2.05) is 12.1 Å². The molecule has 10 nitrogen and oxygen atoms in total. The first-order chi connectivity index (χ1) is 19.2. The molecule has 0 radical (unpaired) electrons. The Morgan fingerprint density at radius 2 is 1.80 bits per heavy atom. The van der Waals surface area contributed by atoms with E-state index < -0.39 is 16.6 Å². The Balaban J connectivity index is 1.29. The van der Waals surface area contributed by atoms with Crippen LogP contribution in [-0.2, 0) is 21.2 Å². The Morgan fingerprint density at radius 1 is 1.02 bits per heavy atom. The number of fused-ring (bicyclic) bond motifs is 1. The predicted molar refractivity (Wildman–Crippen MR) is 155 cm³/mol. The Labute approximate surface area is 235 Å². The number of nitrogens with one attached hydrogen (secondary N) is 2. The lowest BCUT2D eigenvalue weighted by atomic mass is 9.93. The Bertz CT molecular complexity index is 1380. The van der Waals surface area contributed by atoms with Gasteiger partial charge in [-0.2, -0.15) is 0 Å². The molecule has 4 aliphatic rings. The van der Waals surface area contributed by atoms with E-state index in [0.29, 0.717) is 41.3 Å². The maximum absolute atomic E-state index is 13.8. The second kappa shape index (κ2) is 10.8. The molecule has 216 valence electrons. The number of hydrogen-bond donors (Lipinski definition) is 3. The Hall–Kier alpha value is -3.02. The zero-order valence-electron chi connectivity index (χ0n) is 22.9. The molecule has 1 amide bonds. The summed E-state index contributed by atoms with van der Waals surface area (Å²) >= 11 is 0. The molecule has 1 spiro atoms. The summed E-state index contributed by atoms with van der Waals surface area (Å²) < 4.78 is 38.9. The summed E-state index contributed by atoms with van der Waals surface area (Å²) in [5, 5.41) is 12.3. The van der Waals surface area contributed by atoms with Crippen molar-refractivity contribution in [2.75, 3.05) is 71.6 Å². The average Bonchev–Trinajstić information content (AvgIpc) is 3.50. The molecule has 3 aliphatic heterocycles. The van der Waals surface area contributed by atoms with Gasteiger partial charge in [-0.1, -0.05) is 0 Å². The summed E-state index contributed by atoms with van der Waals surface area (Å²) in [6, 6.07) is 9.00. The third-order valence-electron chi connectivity index (χ3n) is 8.60. The molecule has 1 atom stereocenters. The van der Waals surface area contributed by atoms with E-state index in [9.17, 15) is 13.2 Å². The van der Waals surface area contributed by atoms with Gasteiger partial charge in [0.2, 0.25) is 10.0 Å². The number of amides is 1. The standard InChI is InChI=1S/C29H38N4O6S/c1-20-19-33(11-14-38-20)26-18-23(16-21-4-13-39-27(21)26)30-28(35)24-3-2-22(31-40(36,37)15-12-34)17-25(24)32-9-7-29(5-6-29)8-10-32/h2-3,16-18,20,31,34H,4-15,19H2,1H3,(H,30,35)/t20-/m1/s1. The van der Waals surface area contributed by atoms with Crippen LogP contribution in [0.3, 0.4) is 0 Å². The van der Waals surface area contributed by atoms with Crippen LogP contribution in [0.5, 0.6) is 5.75 Å². The van der Waals surface area contributed by atoms with Crippen molar-refractivity contribution in [3.8, 4) is 5.75 Å². The van der Waals surface area contributed by atoms with Crippen LogP contribution >= 0.6 is 0 Å². The SMILES string of the molecule is C[C@@H]1CN(c2cc(NC(=O)c3ccc(NS(=O)(=O)CCO)cc3N3CCC4(CC3)CC4)cc3c2OCC3)CCO1. The zero-order chi connectivity index (χ0) is 27.9. The topological polar surface area (TPSA) is 120 Å². The average molecular weight is 571 g/mol. The number of piperidine rings is 1. The van der Waals surface area contributed by atoms with Crippen molar-refractivity contribution >= 4 is 38.7 Å². The van der Waals surface area contributed by atoms with Crippen molar-refractivity contribution in [3.05, 3.63) is 41.5 Å². The van der Waals surface area contributed by atoms with Gasteiger partial charge in [-0.3, -0.25) is 9.52 Å². The van der Waals surface area contributed by atoms with E-state index in [0.717, 1.165) is 62.4 Å². The van der Waals surface area contributed by atoms with Crippen molar-refractivity contribution in [1.29, 1.82) is 0 Å². The van der Waals surface area contributed by atoms with Crippen LogP contribution < -0.4 is 24.6 Å². The third kappa shape index (κ3) is 5.73. The number of anilines is 4. The van der Waals surface area contributed by atoms with Gasteiger partial charge in [0.25, 0.3) is 5.91 Å². The first-order valence-corrected chi connectivity index (χ1v) is 15.9. The molecule has 2 aromatic carbocycles. The molecule has 1 saturated carbocycles. The highest BCUT2D eigenvalue weighted by atomic mass is 32.2. The molecule has 3 heterocycles. The van der Waals surface area contributed by atoms with Gasteiger partial charge in [0.1, 0.15) is 5.75 Å². The normalized spacial score (nSPS) is 21.6. The second-order valence-corrected chi connectivity index (χ2v) is 13.4. The molecule has 3 N–H and O–H groups in total. The van der Waals surface area contributed by atoms with E-state index in [-0.39, 0.29) is 17.8 Å². The fraction of sp³-hybridized carbons (Fsp3) is 0.552. The molecular formula is C29H38N4O6S. The number of carbonyl (C=O) groups excluding carboxylic acids is 1. The summed E-state index contributed by atoms with van der Waals surface area (Å²) in [4.78, 5) is 18.2. The minimum Gasteiger partial charge on any atom is -0.491 e.